The molecule has 37 heavy (non-hydrogen) atoms. The van der Waals surface area contributed by atoms with Crippen LogP contribution in [0.5, 0.6) is 5.75 Å². The van der Waals surface area contributed by atoms with Gasteiger partial charge in [0.15, 0.2) is 5.78 Å². The summed E-state index contributed by atoms with van der Waals surface area (Å²) in [5.74, 6) is -2.84. The molecule has 196 valence electrons. The molecule has 8 heteroatoms. The number of thiophene rings is 1. The van der Waals surface area contributed by atoms with E-state index in [1.807, 2.05) is 51.1 Å². The molecule has 1 aromatic carbocycles. The second-order valence-corrected chi connectivity index (χ2v) is 10.7. The zero-order valence-electron chi connectivity index (χ0n) is 22.1. The first-order valence-electron chi connectivity index (χ1n) is 12.5. The van der Waals surface area contributed by atoms with Crippen molar-refractivity contribution in [1.29, 1.82) is 0 Å². The molecule has 7 nitrogen and oxygen atoms in total. The predicted molar refractivity (Wildman–Crippen MR) is 142 cm³/mol. The minimum atomic E-state index is -1.04. The lowest BCUT2D eigenvalue weighted by molar-refractivity contribution is -0.152. The maximum Gasteiger partial charge on any atom is 0.336 e. The van der Waals surface area contributed by atoms with Crippen LogP contribution in [0.1, 0.15) is 59.9 Å². The normalized spacial score (nSPS) is 21.4. The molecular formula is C29H33NO6S. The fraction of sp³-hybridized carbons (Fsp3) is 0.414. The molecule has 0 saturated carbocycles. The van der Waals surface area contributed by atoms with Crippen molar-refractivity contribution in [1.82, 2.24) is 5.32 Å². The average molecular weight is 524 g/mol. The molecule has 0 saturated heterocycles. The number of carbonyl (C=O) groups excluding carboxylic acids is 3. The van der Waals surface area contributed by atoms with Gasteiger partial charge in [-0.2, -0.15) is 0 Å². The number of allylic oxidation sites excluding steroid dienone is 3. The molecule has 1 aromatic heterocycles. The summed E-state index contributed by atoms with van der Waals surface area (Å²) in [7, 11) is 1.58. The lowest BCUT2D eigenvalue weighted by Gasteiger charge is -2.39. The summed E-state index contributed by atoms with van der Waals surface area (Å²) in [4.78, 5) is 42.9. The predicted octanol–water partition coefficient (Wildman–Crippen LogP) is 5.09. The summed E-state index contributed by atoms with van der Waals surface area (Å²) in [5.41, 5.74) is 3.91. The van der Waals surface area contributed by atoms with Crippen molar-refractivity contribution in [3.63, 3.8) is 0 Å². The molecule has 3 atom stereocenters. The SMILES string of the molecule is CCOC(=O)C1=C(C)NC2=C(C(=O)[C@H](C(=O)OCC)[C@@H](c3cccc(OC)c3)C2)[C@H]1c1cc(C)sc1C. The third-order valence-corrected chi connectivity index (χ3v) is 7.95. The summed E-state index contributed by atoms with van der Waals surface area (Å²) in [6, 6.07) is 9.46. The van der Waals surface area contributed by atoms with Gasteiger partial charge in [0, 0.05) is 38.6 Å². The van der Waals surface area contributed by atoms with Crippen molar-refractivity contribution in [2.75, 3.05) is 20.3 Å². The Morgan fingerprint density at radius 1 is 1.08 bits per heavy atom. The van der Waals surface area contributed by atoms with Gasteiger partial charge in [-0.1, -0.05) is 12.1 Å². The highest BCUT2D eigenvalue weighted by Crippen LogP contribution is 2.49. The second kappa shape index (κ2) is 10.9. The van der Waals surface area contributed by atoms with Crippen LogP contribution >= 0.6 is 11.3 Å². The Hall–Kier alpha value is -3.39. The van der Waals surface area contributed by atoms with Crippen molar-refractivity contribution < 1.29 is 28.6 Å². The number of hydrogen-bond acceptors (Lipinski definition) is 8. The van der Waals surface area contributed by atoms with Crippen LogP contribution in [0.25, 0.3) is 0 Å². The first kappa shape index (κ1) is 26.7. The van der Waals surface area contributed by atoms with Crippen LogP contribution in [-0.4, -0.2) is 38.0 Å². The molecule has 2 heterocycles. The molecule has 0 bridgehead atoms. The fourth-order valence-electron chi connectivity index (χ4n) is 5.45. The smallest absolute Gasteiger partial charge is 0.336 e. The number of Topliss-reactive ketones (excluding diaryl/α,β-unsaturated/α-hetero) is 1. The molecule has 0 radical (unpaired) electrons. The number of aryl methyl sites for hydroxylation is 2. The largest absolute Gasteiger partial charge is 0.497 e. The van der Waals surface area contributed by atoms with E-state index in [-0.39, 0.29) is 19.0 Å². The monoisotopic (exact) mass is 523 g/mol. The van der Waals surface area contributed by atoms with Crippen LogP contribution in [0, 0.1) is 19.8 Å². The van der Waals surface area contributed by atoms with E-state index >= 15 is 0 Å². The third kappa shape index (κ3) is 4.94. The van der Waals surface area contributed by atoms with Crippen LogP contribution in [0.3, 0.4) is 0 Å². The minimum Gasteiger partial charge on any atom is -0.497 e. The minimum absolute atomic E-state index is 0.164. The third-order valence-electron chi connectivity index (χ3n) is 6.97. The summed E-state index contributed by atoms with van der Waals surface area (Å²) in [6.07, 6.45) is 0.407. The number of nitrogens with one attached hydrogen (secondary N) is 1. The number of esters is 2. The quantitative estimate of drug-likeness (QED) is 0.399. The number of carbonyl (C=O) groups is 3. The van der Waals surface area contributed by atoms with E-state index in [0.29, 0.717) is 29.0 Å². The number of ketones is 1. The molecule has 4 rings (SSSR count). The Kier molecular flexibility index (Phi) is 7.87. The van der Waals surface area contributed by atoms with Gasteiger partial charge >= 0.3 is 11.9 Å². The van der Waals surface area contributed by atoms with Gasteiger partial charge in [-0.15, -0.1) is 11.3 Å². The molecule has 1 N–H and O–H groups in total. The van der Waals surface area contributed by atoms with E-state index in [1.165, 1.54) is 0 Å². The van der Waals surface area contributed by atoms with Gasteiger partial charge in [-0.3, -0.25) is 9.59 Å². The van der Waals surface area contributed by atoms with Crippen molar-refractivity contribution in [2.45, 2.75) is 52.9 Å². The lowest BCUT2D eigenvalue weighted by atomic mass is 9.67. The van der Waals surface area contributed by atoms with Gasteiger partial charge in [-0.05, 0) is 70.4 Å². The molecule has 1 aliphatic heterocycles. The Morgan fingerprint density at radius 2 is 1.81 bits per heavy atom. The highest BCUT2D eigenvalue weighted by Gasteiger charge is 2.49. The zero-order chi connectivity index (χ0) is 26.9. The maximum atomic E-state index is 14.3. The van der Waals surface area contributed by atoms with Crippen molar-refractivity contribution in [2.24, 2.45) is 5.92 Å². The van der Waals surface area contributed by atoms with Crippen LogP contribution in [0.15, 0.2) is 52.9 Å². The van der Waals surface area contributed by atoms with Crippen LogP contribution in [0.4, 0.5) is 0 Å². The average Bonchev–Trinajstić information content (AvgIpc) is 3.20. The number of dihydropyridines is 1. The van der Waals surface area contributed by atoms with Crippen LogP contribution in [-0.2, 0) is 23.9 Å². The molecule has 1 aliphatic carbocycles. The topological polar surface area (TPSA) is 90.9 Å². The zero-order valence-corrected chi connectivity index (χ0v) is 22.9. The highest BCUT2D eigenvalue weighted by molar-refractivity contribution is 7.12. The number of hydrogen-bond donors (Lipinski definition) is 1. The van der Waals surface area contributed by atoms with Crippen molar-refractivity contribution in [3.05, 3.63) is 73.8 Å². The number of methoxy groups -OCH3 is 1. The summed E-state index contributed by atoms with van der Waals surface area (Å²) >= 11 is 1.61. The first-order chi connectivity index (χ1) is 17.7. The lowest BCUT2D eigenvalue weighted by Crippen LogP contribution is -2.43. The van der Waals surface area contributed by atoms with E-state index < -0.39 is 29.7 Å². The number of rotatable bonds is 7. The molecular weight excluding hydrogens is 490 g/mol. The molecule has 2 aliphatic rings. The van der Waals surface area contributed by atoms with E-state index in [4.69, 9.17) is 14.2 Å². The van der Waals surface area contributed by atoms with E-state index in [9.17, 15) is 14.4 Å². The van der Waals surface area contributed by atoms with Gasteiger partial charge in [0.2, 0.25) is 0 Å². The molecule has 0 fully saturated rings. The van der Waals surface area contributed by atoms with Crippen LogP contribution in [0.2, 0.25) is 0 Å². The van der Waals surface area contributed by atoms with Crippen molar-refractivity contribution >= 4 is 29.1 Å². The molecule has 2 aromatic rings. The van der Waals surface area contributed by atoms with Gasteiger partial charge in [0.1, 0.15) is 11.7 Å². The van der Waals surface area contributed by atoms with Crippen LogP contribution < -0.4 is 10.1 Å². The van der Waals surface area contributed by atoms with E-state index in [0.717, 1.165) is 26.6 Å². The second-order valence-electron chi connectivity index (χ2n) is 9.26. The Labute approximate surface area is 221 Å². The standard InChI is InChI=1S/C29H33NO6S/c1-7-35-28(32)23-16(4)30-22-14-21(18-10-9-11-19(13-18)34-6)25(29(33)36-8-2)27(31)26(22)24(23)20-12-15(3)37-17(20)5/h9-13,21,24-25,30H,7-8,14H2,1-6H3/t21-,24+,25-/m1/s1. The van der Waals surface area contributed by atoms with Crippen molar-refractivity contribution in [3.8, 4) is 5.75 Å². The Morgan fingerprint density at radius 3 is 2.43 bits per heavy atom. The Bertz CT molecular complexity index is 1300. The summed E-state index contributed by atoms with van der Waals surface area (Å²) in [5, 5.41) is 3.34. The maximum absolute atomic E-state index is 14.3. The highest BCUT2D eigenvalue weighted by atomic mass is 32.1. The number of benzene rings is 1. The molecule has 0 unspecified atom stereocenters. The van der Waals surface area contributed by atoms with Gasteiger partial charge in [0.05, 0.1) is 25.9 Å². The van der Waals surface area contributed by atoms with E-state index in [2.05, 4.69) is 5.32 Å². The Balaban J connectivity index is 1.91. The first-order valence-corrected chi connectivity index (χ1v) is 13.3. The van der Waals surface area contributed by atoms with Gasteiger partial charge in [0.25, 0.3) is 0 Å². The summed E-state index contributed by atoms with van der Waals surface area (Å²) < 4.78 is 16.2. The fourth-order valence-corrected chi connectivity index (χ4v) is 6.41. The van der Waals surface area contributed by atoms with Gasteiger partial charge in [-0.25, -0.2) is 4.79 Å². The van der Waals surface area contributed by atoms with Gasteiger partial charge < -0.3 is 19.5 Å². The van der Waals surface area contributed by atoms with E-state index in [1.54, 1.807) is 32.3 Å². The molecule has 0 amide bonds. The summed E-state index contributed by atoms with van der Waals surface area (Å²) in [6.45, 7) is 9.68. The number of ether oxygens (including phenoxy) is 3. The molecule has 0 spiro atoms.